The van der Waals surface area contributed by atoms with Crippen molar-refractivity contribution in [1.82, 2.24) is 14.8 Å². The number of benzene rings is 3. The molecule has 0 aliphatic rings. The van der Waals surface area contributed by atoms with Gasteiger partial charge < -0.3 is 10.1 Å². The first-order chi connectivity index (χ1) is 15.7. The molecule has 4 aromatic rings. The number of nitrogens with zero attached hydrogens (tertiary/aromatic N) is 3. The highest BCUT2D eigenvalue weighted by atomic mass is 32.2. The molecule has 6 nitrogen and oxygen atoms in total. The molecule has 0 radical (unpaired) electrons. The maximum absolute atomic E-state index is 12.3. The van der Waals surface area contributed by atoms with Crippen LogP contribution >= 0.6 is 11.8 Å². The molecule has 32 heavy (non-hydrogen) atoms. The van der Waals surface area contributed by atoms with Crippen molar-refractivity contribution >= 4 is 23.4 Å². The Morgan fingerprint density at radius 2 is 1.69 bits per heavy atom. The molecular formula is C25H24N4O2S. The first-order valence-corrected chi connectivity index (χ1v) is 11.3. The molecule has 0 aliphatic heterocycles. The first kappa shape index (κ1) is 21.6. The first-order valence-electron chi connectivity index (χ1n) is 10.3. The van der Waals surface area contributed by atoms with E-state index in [0.29, 0.717) is 18.0 Å². The van der Waals surface area contributed by atoms with Crippen LogP contribution in [0.4, 0.5) is 5.69 Å². The molecule has 3 aromatic carbocycles. The van der Waals surface area contributed by atoms with Gasteiger partial charge in [-0.15, -0.1) is 10.2 Å². The van der Waals surface area contributed by atoms with Gasteiger partial charge in [0.15, 0.2) is 11.0 Å². The molecule has 162 valence electrons. The van der Waals surface area contributed by atoms with Crippen LogP contribution in [0.1, 0.15) is 12.0 Å². The number of thioether (sulfide) groups is 1. The van der Waals surface area contributed by atoms with E-state index in [1.54, 1.807) is 7.11 Å². The summed E-state index contributed by atoms with van der Waals surface area (Å²) in [5.74, 6) is 1.97. The average molecular weight is 445 g/mol. The lowest BCUT2D eigenvalue weighted by molar-refractivity contribution is -0.115. The number of ether oxygens (including phenoxy) is 1. The number of nitrogens with one attached hydrogen (secondary N) is 1. The molecule has 7 heteroatoms. The van der Waals surface area contributed by atoms with E-state index in [9.17, 15) is 4.79 Å². The Balaban J connectivity index is 1.57. The van der Waals surface area contributed by atoms with Gasteiger partial charge in [-0.1, -0.05) is 59.8 Å². The number of anilines is 1. The second kappa shape index (κ2) is 10.2. The summed E-state index contributed by atoms with van der Waals surface area (Å²) in [4.78, 5) is 12.3. The highest BCUT2D eigenvalue weighted by Gasteiger charge is 2.19. The Labute approximate surface area is 191 Å². The predicted molar refractivity (Wildman–Crippen MR) is 128 cm³/mol. The minimum atomic E-state index is -0.0324. The van der Waals surface area contributed by atoms with Gasteiger partial charge in [0.2, 0.25) is 5.91 Å². The van der Waals surface area contributed by atoms with Gasteiger partial charge >= 0.3 is 0 Å². The SMILES string of the molecule is COc1ccccc1-c1nnc(SCCC(=O)Nc2ccccc2)n1-c1ccc(C)cc1. The van der Waals surface area contributed by atoms with E-state index in [0.717, 1.165) is 27.8 Å². The quantitative estimate of drug-likeness (QED) is 0.370. The van der Waals surface area contributed by atoms with E-state index < -0.39 is 0 Å². The third kappa shape index (κ3) is 5.00. The number of hydrogen-bond donors (Lipinski definition) is 1. The van der Waals surface area contributed by atoms with E-state index in [-0.39, 0.29) is 5.91 Å². The Hall–Kier alpha value is -3.58. The van der Waals surface area contributed by atoms with Crippen LogP contribution in [0, 0.1) is 6.92 Å². The number of amides is 1. The molecule has 0 saturated heterocycles. The lowest BCUT2D eigenvalue weighted by Crippen LogP contribution is -2.12. The van der Waals surface area contributed by atoms with Crippen molar-refractivity contribution in [2.24, 2.45) is 0 Å². The monoisotopic (exact) mass is 444 g/mol. The van der Waals surface area contributed by atoms with Crippen molar-refractivity contribution in [3.8, 4) is 22.8 Å². The van der Waals surface area contributed by atoms with Gasteiger partial charge in [0, 0.05) is 23.5 Å². The number of aryl methyl sites for hydroxylation is 1. The Bertz CT molecular complexity index is 1190. The van der Waals surface area contributed by atoms with Crippen LogP contribution in [0.15, 0.2) is 84.0 Å². The fourth-order valence-electron chi connectivity index (χ4n) is 3.27. The number of para-hydroxylation sites is 2. The van der Waals surface area contributed by atoms with E-state index in [1.165, 1.54) is 17.3 Å². The van der Waals surface area contributed by atoms with Gasteiger partial charge in [0.1, 0.15) is 5.75 Å². The topological polar surface area (TPSA) is 69.0 Å². The standard InChI is InChI=1S/C25H24N4O2S/c1-18-12-14-20(15-13-18)29-24(21-10-6-7-11-22(21)31-2)27-28-25(29)32-17-16-23(30)26-19-8-4-3-5-9-19/h3-15H,16-17H2,1-2H3,(H,26,30). The van der Waals surface area contributed by atoms with Crippen molar-refractivity contribution in [3.63, 3.8) is 0 Å². The minimum Gasteiger partial charge on any atom is -0.496 e. The highest BCUT2D eigenvalue weighted by Crippen LogP contribution is 2.33. The Morgan fingerprint density at radius 1 is 0.969 bits per heavy atom. The molecule has 1 N–H and O–H groups in total. The van der Waals surface area contributed by atoms with Crippen LogP contribution in [-0.2, 0) is 4.79 Å². The van der Waals surface area contributed by atoms with Gasteiger partial charge in [-0.05, 0) is 43.3 Å². The van der Waals surface area contributed by atoms with Crippen molar-refractivity contribution in [2.45, 2.75) is 18.5 Å². The zero-order valence-electron chi connectivity index (χ0n) is 18.0. The molecule has 0 saturated carbocycles. The molecule has 1 aromatic heterocycles. The second-order valence-corrected chi connectivity index (χ2v) is 8.25. The zero-order chi connectivity index (χ0) is 22.3. The van der Waals surface area contributed by atoms with Gasteiger partial charge in [0.25, 0.3) is 0 Å². The second-order valence-electron chi connectivity index (χ2n) is 7.19. The van der Waals surface area contributed by atoms with Crippen molar-refractivity contribution < 1.29 is 9.53 Å². The van der Waals surface area contributed by atoms with E-state index in [2.05, 4.69) is 34.6 Å². The fourth-order valence-corrected chi connectivity index (χ4v) is 4.16. The van der Waals surface area contributed by atoms with Crippen LogP contribution in [-0.4, -0.2) is 33.5 Å². The van der Waals surface area contributed by atoms with Crippen molar-refractivity contribution in [3.05, 3.63) is 84.4 Å². The Morgan fingerprint density at radius 3 is 2.44 bits per heavy atom. The maximum Gasteiger partial charge on any atom is 0.225 e. The van der Waals surface area contributed by atoms with Crippen LogP contribution in [0.3, 0.4) is 0 Å². The number of aromatic nitrogens is 3. The number of methoxy groups -OCH3 is 1. The van der Waals surface area contributed by atoms with Gasteiger partial charge in [-0.25, -0.2) is 0 Å². The van der Waals surface area contributed by atoms with Gasteiger partial charge in [0.05, 0.1) is 12.7 Å². The molecule has 0 bridgehead atoms. The Kier molecular flexibility index (Phi) is 6.87. The van der Waals surface area contributed by atoms with Crippen molar-refractivity contribution in [2.75, 3.05) is 18.2 Å². The van der Waals surface area contributed by atoms with Crippen LogP contribution in [0.5, 0.6) is 5.75 Å². The number of carbonyl (C=O) groups excluding carboxylic acids is 1. The summed E-state index contributed by atoms with van der Waals surface area (Å²) in [6.45, 7) is 2.05. The summed E-state index contributed by atoms with van der Waals surface area (Å²) < 4.78 is 7.56. The summed E-state index contributed by atoms with van der Waals surface area (Å²) in [6.07, 6.45) is 0.365. The van der Waals surface area contributed by atoms with Crippen molar-refractivity contribution in [1.29, 1.82) is 0 Å². The molecule has 1 amide bonds. The smallest absolute Gasteiger partial charge is 0.225 e. The normalized spacial score (nSPS) is 10.7. The van der Waals surface area contributed by atoms with Crippen LogP contribution in [0.25, 0.3) is 17.1 Å². The molecule has 1 heterocycles. The summed E-state index contributed by atoms with van der Waals surface area (Å²) in [6, 6.07) is 25.4. The molecule has 0 aliphatic carbocycles. The van der Waals surface area contributed by atoms with Gasteiger partial charge in [-0.3, -0.25) is 9.36 Å². The van der Waals surface area contributed by atoms with E-state index in [1.807, 2.05) is 71.3 Å². The molecule has 0 fully saturated rings. The van der Waals surface area contributed by atoms with E-state index >= 15 is 0 Å². The number of rotatable bonds is 8. The summed E-state index contributed by atoms with van der Waals surface area (Å²) in [7, 11) is 1.65. The molecular weight excluding hydrogens is 420 g/mol. The summed E-state index contributed by atoms with van der Waals surface area (Å²) in [5.41, 5.74) is 3.78. The third-order valence-electron chi connectivity index (χ3n) is 4.89. The lowest BCUT2D eigenvalue weighted by atomic mass is 10.1. The highest BCUT2D eigenvalue weighted by molar-refractivity contribution is 7.99. The zero-order valence-corrected chi connectivity index (χ0v) is 18.8. The van der Waals surface area contributed by atoms with E-state index in [4.69, 9.17) is 4.74 Å². The number of carbonyl (C=O) groups is 1. The molecule has 0 spiro atoms. The number of hydrogen-bond acceptors (Lipinski definition) is 5. The average Bonchev–Trinajstić information content (AvgIpc) is 3.24. The minimum absolute atomic E-state index is 0.0324. The van der Waals surface area contributed by atoms with Crippen LogP contribution in [0.2, 0.25) is 0 Å². The predicted octanol–water partition coefficient (Wildman–Crippen LogP) is 5.37. The molecule has 0 atom stereocenters. The van der Waals surface area contributed by atoms with Crippen LogP contribution < -0.4 is 10.1 Å². The summed E-state index contributed by atoms with van der Waals surface area (Å²) in [5, 5.41) is 12.5. The summed E-state index contributed by atoms with van der Waals surface area (Å²) >= 11 is 1.50. The lowest BCUT2D eigenvalue weighted by Gasteiger charge is -2.12. The molecule has 4 rings (SSSR count). The fraction of sp³-hybridized carbons (Fsp3) is 0.160. The largest absolute Gasteiger partial charge is 0.496 e. The van der Waals surface area contributed by atoms with Gasteiger partial charge in [-0.2, -0.15) is 0 Å². The third-order valence-corrected chi connectivity index (χ3v) is 5.82. The molecule has 0 unspecified atom stereocenters. The maximum atomic E-state index is 12.3.